The first-order valence-corrected chi connectivity index (χ1v) is 8.93. The molecule has 1 aromatic carbocycles. The first-order chi connectivity index (χ1) is 11.8. The van der Waals surface area contributed by atoms with Crippen LogP contribution in [0.4, 0.5) is 17.2 Å². The van der Waals surface area contributed by atoms with Gasteiger partial charge in [-0.3, -0.25) is 4.79 Å². The van der Waals surface area contributed by atoms with Crippen molar-refractivity contribution < 1.29 is 4.79 Å². The predicted octanol–water partition coefficient (Wildman–Crippen LogP) is 4.29. The molecule has 1 fully saturated rings. The van der Waals surface area contributed by atoms with E-state index in [1.54, 1.807) is 6.20 Å². The lowest BCUT2D eigenvalue weighted by Crippen LogP contribution is -2.24. The van der Waals surface area contributed by atoms with Crippen molar-refractivity contribution in [3.63, 3.8) is 0 Å². The third-order valence-corrected chi connectivity index (χ3v) is 5.16. The van der Waals surface area contributed by atoms with Gasteiger partial charge in [0.05, 0.1) is 11.9 Å². The maximum atomic E-state index is 12.3. The normalized spacial score (nSPS) is 17.6. The molecule has 2 heterocycles. The lowest BCUT2D eigenvalue weighted by atomic mass is 9.88. The maximum absolute atomic E-state index is 12.3. The monoisotopic (exact) mass is 321 g/mol. The zero-order valence-corrected chi connectivity index (χ0v) is 13.9. The Hall–Kier alpha value is -2.36. The summed E-state index contributed by atoms with van der Waals surface area (Å²) in [5.74, 6) is 1.26. The zero-order valence-electron chi connectivity index (χ0n) is 13.9. The van der Waals surface area contributed by atoms with E-state index in [0.717, 1.165) is 37.3 Å². The number of carbonyl (C=O) groups excluding carboxylic acids is 1. The van der Waals surface area contributed by atoms with E-state index in [1.165, 1.54) is 30.5 Å². The Kier molecular flexibility index (Phi) is 4.20. The van der Waals surface area contributed by atoms with E-state index in [0.29, 0.717) is 0 Å². The van der Waals surface area contributed by atoms with Gasteiger partial charge in [0.1, 0.15) is 5.82 Å². The van der Waals surface area contributed by atoms with Crippen LogP contribution in [0.15, 0.2) is 42.6 Å². The van der Waals surface area contributed by atoms with Crippen LogP contribution >= 0.6 is 0 Å². The third kappa shape index (κ3) is 3.01. The summed E-state index contributed by atoms with van der Waals surface area (Å²) in [6, 6.07) is 12.4. The van der Waals surface area contributed by atoms with Crippen LogP contribution in [0.25, 0.3) is 0 Å². The highest BCUT2D eigenvalue weighted by Gasteiger charge is 2.22. The van der Waals surface area contributed by atoms with E-state index in [2.05, 4.69) is 39.5 Å². The number of fused-ring (bicyclic) bond motifs is 1. The lowest BCUT2D eigenvalue weighted by molar-refractivity contribution is -0.120. The van der Waals surface area contributed by atoms with Gasteiger partial charge in [0.2, 0.25) is 5.91 Å². The molecule has 1 N–H and O–H groups in total. The standard InChI is InChI=1S/C20H23N3O/c24-20(16-7-2-1-3-8-16)22-17-10-11-19(21-14-17)23-13-12-15-6-4-5-9-18(15)23/h4-6,9-11,14,16H,1-3,7-8,12-13H2,(H,22,24). The van der Waals surface area contributed by atoms with E-state index >= 15 is 0 Å². The molecule has 0 unspecified atom stereocenters. The fourth-order valence-corrected chi connectivity index (χ4v) is 3.80. The van der Waals surface area contributed by atoms with Crippen LogP contribution in [0.2, 0.25) is 0 Å². The first-order valence-electron chi connectivity index (χ1n) is 8.93. The van der Waals surface area contributed by atoms with Crippen molar-refractivity contribution in [2.75, 3.05) is 16.8 Å². The Balaban J connectivity index is 1.44. The van der Waals surface area contributed by atoms with E-state index < -0.39 is 0 Å². The van der Waals surface area contributed by atoms with Gasteiger partial charge in [0.25, 0.3) is 0 Å². The Morgan fingerprint density at radius 3 is 2.71 bits per heavy atom. The number of nitrogens with one attached hydrogen (secondary N) is 1. The third-order valence-electron chi connectivity index (χ3n) is 5.16. The fraction of sp³-hybridized carbons (Fsp3) is 0.400. The van der Waals surface area contributed by atoms with Crippen molar-refractivity contribution in [1.82, 2.24) is 4.98 Å². The van der Waals surface area contributed by atoms with Gasteiger partial charge in [-0.15, -0.1) is 0 Å². The summed E-state index contributed by atoms with van der Waals surface area (Å²) >= 11 is 0. The van der Waals surface area contributed by atoms with Crippen LogP contribution in [-0.2, 0) is 11.2 Å². The first kappa shape index (κ1) is 15.2. The van der Waals surface area contributed by atoms with E-state index in [-0.39, 0.29) is 11.8 Å². The zero-order chi connectivity index (χ0) is 16.4. The molecular weight excluding hydrogens is 298 g/mol. The molecule has 0 atom stereocenters. The van der Waals surface area contributed by atoms with Crippen molar-refractivity contribution in [1.29, 1.82) is 0 Å². The van der Waals surface area contributed by atoms with Gasteiger partial charge in [0.15, 0.2) is 0 Å². The van der Waals surface area contributed by atoms with Crippen molar-refractivity contribution in [2.24, 2.45) is 5.92 Å². The van der Waals surface area contributed by atoms with Crippen LogP contribution in [0.5, 0.6) is 0 Å². The van der Waals surface area contributed by atoms with Crippen LogP contribution in [-0.4, -0.2) is 17.4 Å². The highest BCUT2D eigenvalue weighted by Crippen LogP contribution is 2.33. The molecule has 1 saturated carbocycles. The molecule has 0 spiro atoms. The fourth-order valence-electron chi connectivity index (χ4n) is 3.80. The summed E-state index contributed by atoms with van der Waals surface area (Å²) in [4.78, 5) is 19.1. The summed E-state index contributed by atoms with van der Waals surface area (Å²) in [6.07, 6.45) is 8.46. The molecule has 2 aromatic rings. The van der Waals surface area contributed by atoms with Gasteiger partial charge in [0, 0.05) is 18.2 Å². The number of benzene rings is 1. The number of rotatable bonds is 3. The average Bonchev–Trinajstić information content (AvgIpc) is 3.07. The van der Waals surface area contributed by atoms with Crippen LogP contribution in [0, 0.1) is 5.92 Å². The summed E-state index contributed by atoms with van der Waals surface area (Å²) in [5, 5.41) is 3.03. The summed E-state index contributed by atoms with van der Waals surface area (Å²) in [5.41, 5.74) is 3.40. The second-order valence-corrected chi connectivity index (χ2v) is 6.76. The molecule has 1 aliphatic heterocycles. The van der Waals surface area contributed by atoms with Crippen LogP contribution in [0.1, 0.15) is 37.7 Å². The van der Waals surface area contributed by atoms with Crippen LogP contribution < -0.4 is 10.2 Å². The van der Waals surface area contributed by atoms with Crippen LogP contribution in [0.3, 0.4) is 0 Å². The van der Waals surface area contributed by atoms with Crippen molar-refractivity contribution in [3.8, 4) is 0 Å². The van der Waals surface area contributed by atoms with E-state index in [9.17, 15) is 4.79 Å². The molecule has 4 heteroatoms. The minimum Gasteiger partial charge on any atom is -0.326 e. The molecule has 24 heavy (non-hydrogen) atoms. The van der Waals surface area contributed by atoms with E-state index in [1.807, 2.05) is 12.1 Å². The largest absolute Gasteiger partial charge is 0.326 e. The van der Waals surface area contributed by atoms with Crippen molar-refractivity contribution >= 4 is 23.1 Å². The second kappa shape index (κ2) is 6.63. The maximum Gasteiger partial charge on any atom is 0.227 e. The smallest absolute Gasteiger partial charge is 0.227 e. The summed E-state index contributed by atoms with van der Waals surface area (Å²) in [6.45, 7) is 0.958. The summed E-state index contributed by atoms with van der Waals surface area (Å²) < 4.78 is 0. The molecule has 4 rings (SSSR count). The van der Waals surface area contributed by atoms with Gasteiger partial charge in [-0.1, -0.05) is 37.5 Å². The Morgan fingerprint density at radius 2 is 1.92 bits per heavy atom. The minimum absolute atomic E-state index is 0.149. The molecule has 0 radical (unpaired) electrons. The minimum atomic E-state index is 0.149. The highest BCUT2D eigenvalue weighted by molar-refractivity contribution is 5.92. The molecule has 0 saturated heterocycles. The molecular formula is C20H23N3O. The van der Waals surface area contributed by atoms with E-state index in [4.69, 9.17) is 0 Å². The van der Waals surface area contributed by atoms with Gasteiger partial charge in [-0.05, 0) is 43.0 Å². The van der Waals surface area contributed by atoms with Gasteiger partial charge >= 0.3 is 0 Å². The highest BCUT2D eigenvalue weighted by atomic mass is 16.1. The number of aromatic nitrogens is 1. The lowest BCUT2D eigenvalue weighted by Gasteiger charge is -2.21. The molecule has 0 bridgehead atoms. The second-order valence-electron chi connectivity index (χ2n) is 6.76. The van der Waals surface area contributed by atoms with Gasteiger partial charge in [-0.25, -0.2) is 4.98 Å². The number of nitrogens with zero attached hydrogens (tertiary/aromatic N) is 2. The Labute approximate surface area is 142 Å². The summed E-state index contributed by atoms with van der Waals surface area (Å²) in [7, 11) is 0. The van der Waals surface area contributed by atoms with Crippen molar-refractivity contribution in [2.45, 2.75) is 38.5 Å². The molecule has 124 valence electrons. The Morgan fingerprint density at radius 1 is 1.08 bits per heavy atom. The number of amides is 1. The number of pyridine rings is 1. The topological polar surface area (TPSA) is 45.2 Å². The molecule has 4 nitrogen and oxygen atoms in total. The molecule has 2 aliphatic rings. The molecule has 1 amide bonds. The number of hydrogen-bond acceptors (Lipinski definition) is 3. The SMILES string of the molecule is O=C(Nc1ccc(N2CCc3ccccc32)nc1)C1CCCCC1. The number of anilines is 3. The number of para-hydroxylation sites is 1. The van der Waals surface area contributed by atoms with Gasteiger partial charge in [-0.2, -0.15) is 0 Å². The Bertz CT molecular complexity index is 720. The molecule has 1 aliphatic carbocycles. The number of carbonyl (C=O) groups is 1. The number of hydrogen-bond donors (Lipinski definition) is 1. The van der Waals surface area contributed by atoms with Gasteiger partial charge < -0.3 is 10.2 Å². The molecule has 1 aromatic heterocycles. The predicted molar refractivity (Wildman–Crippen MR) is 96.6 cm³/mol. The average molecular weight is 321 g/mol. The van der Waals surface area contributed by atoms with Crippen molar-refractivity contribution in [3.05, 3.63) is 48.2 Å². The quantitative estimate of drug-likeness (QED) is 0.917.